The van der Waals surface area contributed by atoms with Crippen molar-refractivity contribution in [3.05, 3.63) is 22.4 Å². The molecule has 3 N–H and O–H groups in total. The van der Waals surface area contributed by atoms with Crippen LogP contribution in [0.3, 0.4) is 0 Å². The molecular weight excluding hydrogens is 186 g/mol. The predicted molar refractivity (Wildman–Crippen MR) is 52.8 cm³/mol. The van der Waals surface area contributed by atoms with Crippen molar-refractivity contribution >= 4 is 17.3 Å². The third-order valence-corrected chi connectivity index (χ3v) is 2.99. The topological polar surface area (TPSA) is 63.3 Å². The van der Waals surface area contributed by atoms with Gasteiger partial charge in [0.05, 0.1) is 5.41 Å². The van der Waals surface area contributed by atoms with Crippen molar-refractivity contribution in [3.8, 4) is 0 Å². The van der Waals surface area contributed by atoms with Crippen LogP contribution in [0, 0.1) is 5.41 Å². The Bertz CT molecular complexity index is 284. The van der Waals surface area contributed by atoms with Gasteiger partial charge in [-0.1, -0.05) is 6.07 Å². The Labute approximate surface area is 81.2 Å². The van der Waals surface area contributed by atoms with Crippen LogP contribution in [0.4, 0.5) is 0 Å². The molecule has 0 unspecified atom stereocenters. The quantitative estimate of drug-likeness (QED) is 0.769. The van der Waals surface area contributed by atoms with Gasteiger partial charge in [-0.25, -0.2) is 0 Å². The average molecular weight is 199 g/mol. The molecule has 4 heteroatoms. The van der Waals surface area contributed by atoms with Gasteiger partial charge in [-0.15, -0.1) is 11.3 Å². The molecule has 0 amide bonds. The zero-order valence-electron chi connectivity index (χ0n) is 7.49. The van der Waals surface area contributed by atoms with Gasteiger partial charge < -0.3 is 10.8 Å². The highest BCUT2D eigenvalue weighted by atomic mass is 32.1. The summed E-state index contributed by atoms with van der Waals surface area (Å²) in [6, 6.07) is 3.85. The number of thiophene rings is 1. The average Bonchev–Trinajstić information content (AvgIpc) is 2.56. The van der Waals surface area contributed by atoms with Gasteiger partial charge in [-0.3, -0.25) is 4.79 Å². The second-order valence-corrected chi connectivity index (χ2v) is 4.36. The van der Waals surface area contributed by atoms with E-state index in [1.165, 1.54) is 0 Å². The molecular formula is C9H13NO2S. The van der Waals surface area contributed by atoms with E-state index in [0.29, 0.717) is 6.42 Å². The highest BCUT2D eigenvalue weighted by Gasteiger charge is 2.31. The van der Waals surface area contributed by atoms with Crippen molar-refractivity contribution in [2.45, 2.75) is 13.3 Å². The first-order valence-electron chi connectivity index (χ1n) is 4.04. The molecule has 0 aliphatic carbocycles. The smallest absolute Gasteiger partial charge is 0.311 e. The van der Waals surface area contributed by atoms with Gasteiger partial charge in [0.25, 0.3) is 0 Å². The van der Waals surface area contributed by atoms with E-state index in [1.807, 2.05) is 17.5 Å². The third-order valence-electron chi connectivity index (χ3n) is 2.11. The largest absolute Gasteiger partial charge is 0.481 e. The van der Waals surface area contributed by atoms with Gasteiger partial charge in [0, 0.05) is 11.4 Å². The van der Waals surface area contributed by atoms with Crippen LogP contribution in [0.15, 0.2) is 17.5 Å². The number of carboxylic acid groups (broad SMARTS) is 1. The zero-order chi connectivity index (χ0) is 9.90. The maximum Gasteiger partial charge on any atom is 0.311 e. The molecule has 0 spiro atoms. The maximum atomic E-state index is 10.9. The molecule has 0 aliphatic heterocycles. The lowest BCUT2D eigenvalue weighted by molar-refractivity contribution is -0.147. The van der Waals surface area contributed by atoms with Crippen LogP contribution >= 0.6 is 11.3 Å². The van der Waals surface area contributed by atoms with Crippen LogP contribution in [0.25, 0.3) is 0 Å². The van der Waals surface area contributed by atoms with Gasteiger partial charge in [0.1, 0.15) is 0 Å². The number of hydrogen-bond acceptors (Lipinski definition) is 3. The lowest BCUT2D eigenvalue weighted by Crippen LogP contribution is -2.37. The molecule has 72 valence electrons. The summed E-state index contributed by atoms with van der Waals surface area (Å²) < 4.78 is 0. The molecule has 0 saturated heterocycles. The van der Waals surface area contributed by atoms with Gasteiger partial charge in [-0.2, -0.15) is 0 Å². The lowest BCUT2D eigenvalue weighted by Gasteiger charge is -2.21. The minimum Gasteiger partial charge on any atom is -0.481 e. The Morgan fingerprint density at radius 3 is 2.85 bits per heavy atom. The van der Waals surface area contributed by atoms with Crippen LogP contribution in [0.5, 0.6) is 0 Å². The second-order valence-electron chi connectivity index (χ2n) is 3.33. The van der Waals surface area contributed by atoms with Crippen LogP contribution < -0.4 is 5.73 Å². The monoisotopic (exact) mass is 199 g/mol. The summed E-state index contributed by atoms with van der Waals surface area (Å²) in [4.78, 5) is 12.0. The second kappa shape index (κ2) is 3.89. The summed E-state index contributed by atoms with van der Waals surface area (Å²) in [6.45, 7) is 1.84. The van der Waals surface area contributed by atoms with E-state index >= 15 is 0 Å². The summed E-state index contributed by atoms with van der Waals surface area (Å²) in [5.41, 5.74) is 4.62. The van der Waals surface area contributed by atoms with Crippen LogP contribution in [0.1, 0.15) is 11.8 Å². The molecule has 0 saturated carbocycles. The van der Waals surface area contributed by atoms with Crippen molar-refractivity contribution in [1.82, 2.24) is 0 Å². The Hall–Kier alpha value is -0.870. The number of rotatable bonds is 4. The maximum absolute atomic E-state index is 10.9. The van der Waals surface area contributed by atoms with Crippen LogP contribution in [-0.2, 0) is 11.2 Å². The van der Waals surface area contributed by atoms with Gasteiger partial charge >= 0.3 is 5.97 Å². The van der Waals surface area contributed by atoms with E-state index < -0.39 is 11.4 Å². The summed E-state index contributed by atoms with van der Waals surface area (Å²) in [6.07, 6.45) is 0.510. The summed E-state index contributed by atoms with van der Waals surface area (Å²) in [5, 5.41) is 10.9. The van der Waals surface area contributed by atoms with E-state index in [4.69, 9.17) is 10.8 Å². The van der Waals surface area contributed by atoms with Crippen molar-refractivity contribution in [2.75, 3.05) is 6.54 Å². The van der Waals surface area contributed by atoms with Crippen LogP contribution in [0.2, 0.25) is 0 Å². The molecule has 0 fully saturated rings. The van der Waals surface area contributed by atoms with Crippen LogP contribution in [-0.4, -0.2) is 17.6 Å². The predicted octanol–water partition coefficient (Wildman–Crippen LogP) is 1.34. The van der Waals surface area contributed by atoms with E-state index in [2.05, 4.69) is 0 Å². The van der Waals surface area contributed by atoms with E-state index in [-0.39, 0.29) is 6.54 Å². The number of nitrogens with two attached hydrogens (primary N) is 1. The standard InChI is InChI=1S/C9H13NO2S/c1-9(6-10,8(11)12)5-7-3-2-4-13-7/h2-4H,5-6,10H2,1H3,(H,11,12)/t9-/m1/s1. The number of carboxylic acids is 1. The van der Waals surface area contributed by atoms with Crippen molar-refractivity contribution in [2.24, 2.45) is 11.1 Å². The molecule has 1 aromatic rings. The Morgan fingerprint density at radius 2 is 2.46 bits per heavy atom. The number of aliphatic carboxylic acids is 1. The van der Waals surface area contributed by atoms with E-state index in [1.54, 1.807) is 18.3 Å². The number of carbonyl (C=O) groups is 1. The molecule has 13 heavy (non-hydrogen) atoms. The minimum absolute atomic E-state index is 0.167. The van der Waals surface area contributed by atoms with Crippen molar-refractivity contribution in [3.63, 3.8) is 0 Å². The molecule has 0 radical (unpaired) electrons. The summed E-state index contributed by atoms with van der Waals surface area (Å²) in [5.74, 6) is -0.830. The number of hydrogen-bond donors (Lipinski definition) is 2. The highest BCUT2D eigenvalue weighted by molar-refractivity contribution is 7.09. The minimum atomic E-state index is -0.830. The fourth-order valence-corrected chi connectivity index (χ4v) is 1.92. The third kappa shape index (κ3) is 2.29. The molecule has 0 aromatic carbocycles. The Balaban J connectivity index is 2.75. The van der Waals surface area contributed by atoms with Crippen molar-refractivity contribution < 1.29 is 9.90 Å². The fraction of sp³-hybridized carbons (Fsp3) is 0.444. The van der Waals surface area contributed by atoms with E-state index in [9.17, 15) is 4.79 Å². The van der Waals surface area contributed by atoms with E-state index in [0.717, 1.165) is 4.88 Å². The first-order chi connectivity index (χ1) is 6.08. The molecule has 0 bridgehead atoms. The van der Waals surface area contributed by atoms with Gasteiger partial charge in [0.15, 0.2) is 0 Å². The molecule has 1 atom stereocenters. The normalized spacial score (nSPS) is 15.2. The molecule has 1 aromatic heterocycles. The van der Waals surface area contributed by atoms with Gasteiger partial charge in [-0.05, 0) is 24.8 Å². The molecule has 0 aliphatic rings. The van der Waals surface area contributed by atoms with Crippen molar-refractivity contribution in [1.29, 1.82) is 0 Å². The zero-order valence-corrected chi connectivity index (χ0v) is 8.30. The van der Waals surface area contributed by atoms with Gasteiger partial charge in [0.2, 0.25) is 0 Å². The molecule has 1 rings (SSSR count). The summed E-state index contributed by atoms with van der Waals surface area (Å²) in [7, 11) is 0. The lowest BCUT2D eigenvalue weighted by atomic mass is 9.86. The Morgan fingerprint density at radius 1 is 1.77 bits per heavy atom. The summed E-state index contributed by atoms with van der Waals surface area (Å²) >= 11 is 1.56. The molecule has 3 nitrogen and oxygen atoms in total. The highest BCUT2D eigenvalue weighted by Crippen LogP contribution is 2.24. The Kier molecular flexibility index (Phi) is 3.06. The fourth-order valence-electron chi connectivity index (χ4n) is 1.03. The first-order valence-corrected chi connectivity index (χ1v) is 4.92. The first kappa shape index (κ1) is 10.2. The molecule has 1 heterocycles. The SMILES string of the molecule is C[C@](CN)(Cc1cccs1)C(=O)O.